The zero-order valence-electron chi connectivity index (χ0n) is 6.66. The van der Waals surface area contributed by atoms with Crippen molar-refractivity contribution < 1.29 is 0 Å². The molecular weight excluding hydrogens is 154 g/mol. The first kappa shape index (κ1) is 8.67. The predicted octanol–water partition coefficient (Wildman–Crippen LogP) is 0.132. The maximum atomic E-state index is 10.5. The van der Waals surface area contributed by atoms with Crippen LogP contribution in [0.3, 0.4) is 0 Å². The van der Waals surface area contributed by atoms with Gasteiger partial charge in [-0.3, -0.25) is 0 Å². The molecule has 0 aliphatic heterocycles. The minimum absolute atomic E-state index is 0.328. The van der Waals surface area contributed by atoms with Crippen molar-refractivity contribution in [1.29, 1.82) is 0 Å². The Balaban J connectivity index is 2.64. The van der Waals surface area contributed by atoms with Gasteiger partial charge in [0.1, 0.15) is 0 Å². The monoisotopic (exact) mass is 165 g/mol. The molecule has 1 aromatic heterocycles. The maximum absolute atomic E-state index is 10.5. The maximum Gasteiger partial charge on any atom is 0.344 e. The molecule has 0 fully saturated rings. The molecule has 0 amide bonds. The quantitative estimate of drug-likeness (QED) is 0.668. The number of hydrogen-bond donors (Lipinski definition) is 2. The summed E-state index contributed by atoms with van der Waals surface area (Å²) in [6, 6.07) is 0. The third kappa shape index (κ3) is 2.67. The van der Waals surface area contributed by atoms with Crippen LogP contribution in [0.2, 0.25) is 0 Å². The van der Waals surface area contributed by atoms with E-state index in [4.69, 9.17) is 5.73 Å². The second-order valence-electron chi connectivity index (χ2n) is 2.33. The van der Waals surface area contributed by atoms with Gasteiger partial charge in [-0.2, -0.15) is 0 Å². The molecule has 0 aliphatic rings. The number of hydrogen-bond acceptors (Lipinski definition) is 3. The molecule has 0 bridgehead atoms. The minimum Gasteiger partial charge on any atom is -0.330 e. The van der Waals surface area contributed by atoms with Crippen molar-refractivity contribution in [3.05, 3.63) is 34.5 Å². The van der Waals surface area contributed by atoms with Crippen molar-refractivity contribution in [3.63, 3.8) is 0 Å². The van der Waals surface area contributed by atoms with Gasteiger partial charge in [-0.05, 0) is 13.0 Å². The fraction of sp³-hybridized carbons (Fsp3) is 0.250. The molecule has 4 heteroatoms. The second kappa shape index (κ2) is 4.46. The molecule has 0 unspecified atom stereocenters. The van der Waals surface area contributed by atoms with E-state index in [-0.39, 0.29) is 5.69 Å². The number of aromatic amines is 1. The molecule has 12 heavy (non-hydrogen) atoms. The zero-order chi connectivity index (χ0) is 8.81. The zero-order valence-corrected chi connectivity index (χ0v) is 6.66. The van der Waals surface area contributed by atoms with Crippen molar-refractivity contribution in [2.24, 2.45) is 5.73 Å². The Morgan fingerprint density at radius 1 is 1.67 bits per heavy atom. The van der Waals surface area contributed by atoms with E-state index in [9.17, 15) is 4.79 Å². The minimum atomic E-state index is -0.328. The van der Waals surface area contributed by atoms with E-state index >= 15 is 0 Å². The van der Waals surface area contributed by atoms with Gasteiger partial charge in [0.2, 0.25) is 0 Å². The van der Waals surface area contributed by atoms with Crippen LogP contribution in [-0.4, -0.2) is 16.5 Å². The Kier molecular flexibility index (Phi) is 3.22. The fourth-order valence-electron chi connectivity index (χ4n) is 0.760. The predicted molar refractivity (Wildman–Crippen MR) is 47.6 cm³/mol. The topological polar surface area (TPSA) is 71.8 Å². The molecule has 3 N–H and O–H groups in total. The van der Waals surface area contributed by atoms with Crippen LogP contribution >= 0.6 is 0 Å². The summed E-state index contributed by atoms with van der Waals surface area (Å²) in [6.45, 7) is 0.632. The molecule has 4 nitrogen and oxygen atoms in total. The standard InChI is InChI=1S/C8H11N3O/c9-4-2-1-3-7-5-10-8(12)11-6-7/h1,3,5-6H,2,4,9H2,(H,10,11,12). The van der Waals surface area contributed by atoms with Gasteiger partial charge in [0, 0.05) is 18.0 Å². The lowest BCUT2D eigenvalue weighted by atomic mass is 10.3. The Bertz CT molecular complexity index is 296. The smallest absolute Gasteiger partial charge is 0.330 e. The van der Waals surface area contributed by atoms with Crippen LogP contribution in [0.25, 0.3) is 6.08 Å². The van der Waals surface area contributed by atoms with Crippen LogP contribution < -0.4 is 11.4 Å². The summed E-state index contributed by atoms with van der Waals surface area (Å²) < 4.78 is 0. The molecular formula is C8H11N3O. The molecule has 1 heterocycles. The summed E-state index contributed by atoms with van der Waals surface area (Å²) in [4.78, 5) is 16.6. The average Bonchev–Trinajstić information content (AvgIpc) is 2.09. The molecule has 1 aromatic rings. The third-order valence-electron chi connectivity index (χ3n) is 1.34. The lowest BCUT2D eigenvalue weighted by Crippen LogP contribution is -2.07. The average molecular weight is 165 g/mol. The molecule has 1 rings (SSSR count). The van der Waals surface area contributed by atoms with Crippen molar-refractivity contribution in [1.82, 2.24) is 9.97 Å². The van der Waals surface area contributed by atoms with E-state index in [1.165, 1.54) is 6.20 Å². The van der Waals surface area contributed by atoms with Crippen molar-refractivity contribution in [3.8, 4) is 0 Å². The normalized spacial score (nSPS) is 10.8. The van der Waals surface area contributed by atoms with Crippen molar-refractivity contribution in [2.45, 2.75) is 6.42 Å². The largest absolute Gasteiger partial charge is 0.344 e. The van der Waals surface area contributed by atoms with Crippen molar-refractivity contribution >= 4 is 6.08 Å². The molecule has 64 valence electrons. The van der Waals surface area contributed by atoms with E-state index in [0.29, 0.717) is 6.54 Å². The molecule has 0 saturated heterocycles. The van der Waals surface area contributed by atoms with Gasteiger partial charge in [0.15, 0.2) is 0 Å². The Hall–Kier alpha value is -1.42. The molecule has 0 aromatic carbocycles. The first-order chi connectivity index (χ1) is 5.83. The fourth-order valence-corrected chi connectivity index (χ4v) is 0.760. The summed E-state index contributed by atoms with van der Waals surface area (Å²) in [5.74, 6) is 0. The molecule has 0 atom stereocenters. The Labute approximate surface area is 70.1 Å². The van der Waals surface area contributed by atoms with E-state index in [0.717, 1.165) is 12.0 Å². The van der Waals surface area contributed by atoms with Gasteiger partial charge >= 0.3 is 5.69 Å². The summed E-state index contributed by atoms with van der Waals surface area (Å²) >= 11 is 0. The summed E-state index contributed by atoms with van der Waals surface area (Å²) in [6.07, 6.45) is 7.78. The highest BCUT2D eigenvalue weighted by Crippen LogP contribution is 1.95. The van der Waals surface area contributed by atoms with Crippen LogP contribution in [0.1, 0.15) is 12.0 Å². The van der Waals surface area contributed by atoms with Crippen LogP contribution in [0.5, 0.6) is 0 Å². The van der Waals surface area contributed by atoms with Gasteiger partial charge in [0.05, 0.1) is 0 Å². The van der Waals surface area contributed by atoms with Crippen molar-refractivity contribution in [2.75, 3.05) is 6.54 Å². The van der Waals surface area contributed by atoms with Crippen LogP contribution in [-0.2, 0) is 0 Å². The Morgan fingerprint density at radius 3 is 3.08 bits per heavy atom. The van der Waals surface area contributed by atoms with Crippen LogP contribution in [0.4, 0.5) is 0 Å². The first-order valence-corrected chi connectivity index (χ1v) is 3.74. The number of rotatable bonds is 3. The number of nitrogens with one attached hydrogen (secondary N) is 1. The van der Waals surface area contributed by atoms with Gasteiger partial charge < -0.3 is 10.7 Å². The lowest BCUT2D eigenvalue weighted by molar-refractivity contribution is 1.01. The number of nitrogens with two attached hydrogens (primary N) is 1. The van der Waals surface area contributed by atoms with Crippen LogP contribution in [0, 0.1) is 0 Å². The highest BCUT2D eigenvalue weighted by molar-refractivity contribution is 5.45. The lowest BCUT2D eigenvalue weighted by Gasteiger charge is -1.89. The second-order valence-corrected chi connectivity index (χ2v) is 2.33. The molecule has 0 aliphatic carbocycles. The van der Waals surface area contributed by atoms with Gasteiger partial charge in [-0.25, -0.2) is 9.78 Å². The number of aromatic nitrogens is 2. The number of nitrogens with zero attached hydrogens (tertiary/aromatic N) is 1. The first-order valence-electron chi connectivity index (χ1n) is 3.74. The van der Waals surface area contributed by atoms with E-state index in [1.54, 1.807) is 6.20 Å². The van der Waals surface area contributed by atoms with Crippen LogP contribution in [0.15, 0.2) is 23.3 Å². The highest BCUT2D eigenvalue weighted by Gasteiger charge is 1.85. The van der Waals surface area contributed by atoms with Gasteiger partial charge in [0.25, 0.3) is 0 Å². The van der Waals surface area contributed by atoms with Gasteiger partial charge in [-0.1, -0.05) is 12.2 Å². The summed E-state index contributed by atoms with van der Waals surface area (Å²) in [5.41, 5.74) is 5.84. The van der Waals surface area contributed by atoms with Gasteiger partial charge in [-0.15, -0.1) is 0 Å². The third-order valence-corrected chi connectivity index (χ3v) is 1.34. The van der Waals surface area contributed by atoms with E-state index in [1.807, 2.05) is 12.2 Å². The highest BCUT2D eigenvalue weighted by atomic mass is 16.1. The van der Waals surface area contributed by atoms with E-state index in [2.05, 4.69) is 9.97 Å². The van der Waals surface area contributed by atoms with E-state index < -0.39 is 0 Å². The Morgan fingerprint density at radius 2 is 2.50 bits per heavy atom. The molecule has 0 radical (unpaired) electrons. The SMILES string of the molecule is NCCC=Cc1cnc(=O)[nH]c1. The molecule has 0 spiro atoms. The molecule has 0 saturated carbocycles. The summed E-state index contributed by atoms with van der Waals surface area (Å²) in [5, 5.41) is 0. The summed E-state index contributed by atoms with van der Waals surface area (Å²) in [7, 11) is 0. The number of H-pyrrole nitrogens is 1.